The summed E-state index contributed by atoms with van der Waals surface area (Å²) in [6.45, 7) is 3.70. The van der Waals surface area contributed by atoms with Gasteiger partial charge in [-0.2, -0.15) is 13.2 Å². The molecule has 0 radical (unpaired) electrons. The van der Waals surface area contributed by atoms with Crippen molar-refractivity contribution in [2.24, 2.45) is 21.5 Å². The average Bonchev–Trinajstić information content (AvgIpc) is 3.11. The van der Waals surface area contributed by atoms with E-state index in [0.29, 0.717) is 18.2 Å². The van der Waals surface area contributed by atoms with Crippen molar-refractivity contribution in [3.8, 4) is 5.75 Å². The van der Waals surface area contributed by atoms with E-state index in [9.17, 15) is 23.1 Å². The lowest BCUT2D eigenvalue weighted by atomic mass is 10.0. The molecular formula is C20H24F3N5O3. The van der Waals surface area contributed by atoms with Crippen LogP contribution in [0.15, 0.2) is 38.9 Å². The van der Waals surface area contributed by atoms with E-state index in [1.54, 1.807) is 12.3 Å². The van der Waals surface area contributed by atoms with Crippen molar-refractivity contribution < 1.29 is 27.5 Å². The van der Waals surface area contributed by atoms with E-state index in [0.717, 1.165) is 16.5 Å². The highest BCUT2D eigenvalue weighted by atomic mass is 19.4. The molecule has 0 aliphatic carbocycles. The number of phenolic OH excluding ortho intramolecular Hbond substituents is 1. The number of furan rings is 1. The molecule has 1 heterocycles. The molecule has 2 rings (SSSR count). The highest BCUT2D eigenvalue weighted by Crippen LogP contribution is 2.41. The van der Waals surface area contributed by atoms with Gasteiger partial charge in [-0.25, -0.2) is 4.99 Å². The Hall–Kier alpha value is -3.50. The molecule has 0 saturated carbocycles. The van der Waals surface area contributed by atoms with Crippen molar-refractivity contribution in [3.05, 3.63) is 46.9 Å². The van der Waals surface area contributed by atoms with E-state index in [4.69, 9.17) is 15.9 Å². The smallest absolute Gasteiger partial charge is 0.417 e. The molecule has 5 N–H and O–H groups in total. The Morgan fingerprint density at radius 1 is 1.26 bits per heavy atom. The minimum atomic E-state index is -4.86. The van der Waals surface area contributed by atoms with E-state index >= 15 is 0 Å². The summed E-state index contributed by atoms with van der Waals surface area (Å²) >= 11 is 0. The second kappa shape index (κ2) is 9.11. The van der Waals surface area contributed by atoms with E-state index in [1.165, 1.54) is 14.1 Å². The lowest BCUT2D eigenvalue weighted by molar-refractivity contribution is -0.138. The van der Waals surface area contributed by atoms with Crippen LogP contribution in [0.4, 0.5) is 18.9 Å². The molecule has 1 atom stereocenters. The number of amides is 1. The van der Waals surface area contributed by atoms with Gasteiger partial charge in [0.1, 0.15) is 17.5 Å². The number of alkyl halides is 3. The maximum absolute atomic E-state index is 13.3. The molecular weight excluding hydrogens is 415 g/mol. The number of hydrogen-bond acceptors (Lipinski definition) is 5. The van der Waals surface area contributed by atoms with Crippen LogP contribution in [0.5, 0.6) is 5.75 Å². The number of hydrogen-bond donors (Lipinski definition) is 3. The third kappa shape index (κ3) is 5.36. The monoisotopic (exact) mass is 439 g/mol. The van der Waals surface area contributed by atoms with Gasteiger partial charge in [-0.15, -0.1) is 0 Å². The number of benzene rings is 1. The first-order valence-corrected chi connectivity index (χ1v) is 9.24. The van der Waals surface area contributed by atoms with Crippen molar-refractivity contribution in [3.63, 3.8) is 0 Å². The predicted octanol–water partition coefficient (Wildman–Crippen LogP) is 3.51. The van der Waals surface area contributed by atoms with E-state index in [-0.39, 0.29) is 17.4 Å². The molecule has 0 fully saturated rings. The number of nitrogens with zero attached hydrogens (tertiary/aromatic N) is 3. The molecule has 2 aromatic rings. The standard InChI is InChI=1S/C20H24F3N5O3/c1-5-12(14-8-10(2)9-31-14)26-17(24)18(25)27-13-7-6-11(20(21,22)23)15(16(13)29)19(30)28(3)4/h6-9,12,29H,5H2,1-4H3,(H2,24,26)(H2,25,27)/t12-/m1/s1. The van der Waals surface area contributed by atoms with Crippen LogP contribution in [0.1, 0.15) is 46.6 Å². The zero-order valence-corrected chi connectivity index (χ0v) is 17.5. The molecule has 0 aliphatic rings. The van der Waals surface area contributed by atoms with Gasteiger partial charge in [0.05, 0.1) is 17.4 Å². The number of carbonyl (C=O) groups excluding carboxylic acids is 1. The lowest BCUT2D eigenvalue weighted by Crippen LogP contribution is -2.31. The van der Waals surface area contributed by atoms with Gasteiger partial charge in [-0.05, 0) is 37.1 Å². The maximum Gasteiger partial charge on any atom is 0.417 e. The van der Waals surface area contributed by atoms with Gasteiger partial charge in [-0.1, -0.05) is 6.92 Å². The molecule has 0 aliphatic heterocycles. The number of aromatic hydroxyl groups is 1. The van der Waals surface area contributed by atoms with Crippen LogP contribution < -0.4 is 11.5 Å². The Kier molecular flexibility index (Phi) is 6.98. The van der Waals surface area contributed by atoms with Crippen molar-refractivity contribution >= 4 is 23.3 Å². The largest absolute Gasteiger partial charge is 0.505 e. The average molecular weight is 439 g/mol. The summed E-state index contributed by atoms with van der Waals surface area (Å²) in [7, 11) is 2.52. The Morgan fingerprint density at radius 2 is 1.90 bits per heavy atom. The predicted molar refractivity (Wildman–Crippen MR) is 111 cm³/mol. The fraction of sp³-hybridized carbons (Fsp3) is 0.350. The van der Waals surface area contributed by atoms with Crippen LogP contribution in [0.2, 0.25) is 0 Å². The number of amidine groups is 2. The summed E-state index contributed by atoms with van der Waals surface area (Å²) in [4.78, 5) is 21.3. The van der Waals surface area contributed by atoms with Gasteiger partial charge in [0.25, 0.3) is 5.91 Å². The molecule has 0 saturated heterocycles. The summed E-state index contributed by atoms with van der Waals surface area (Å²) in [5, 5.41) is 10.4. The first kappa shape index (κ1) is 23.8. The Balaban J connectivity index is 2.50. The van der Waals surface area contributed by atoms with Crippen LogP contribution >= 0.6 is 0 Å². The van der Waals surface area contributed by atoms with Gasteiger partial charge in [0, 0.05) is 14.1 Å². The minimum Gasteiger partial charge on any atom is -0.505 e. The fourth-order valence-corrected chi connectivity index (χ4v) is 2.75. The van der Waals surface area contributed by atoms with Gasteiger partial charge >= 0.3 is 6.18 Å². The van der Waals surface area contributed by atoms with Crippen molar-refractivity contribution in [1.29, 1.82) is 0 Å². The Morgan fingerprint density at radius 3 is 2.39 bits per heavy atom. The van der Waals surface area contributed by atoms with Crippen LogP contribution in [-0.2, 0) is 6.18 Å². The van der Waals surface area contributed by atoms with E-state index in [1.807, 2.05) is 13.8 Å². The number of rotatable bonds is 5. The van der Waals surface area contributed by atoms with Crippen LogP contribution in [-0.4, -0.2) is 41.7 Å². The molecule has 0 unspecified atom stereocenters. The van der Waals surface area contributed by atoms with Crippen molar-refractivity contribution in [2.45, 2.75) is 32.5 Å². The van der Waals surface area contributed by atoms with Crippen molar-refractivity contribution in [1.82, 2.24) is 4.90 Å². The van der Waals surface area contributed by atoms with Crippen molar-refractivity contribution in [2.75, 3.05) is 14.1 Å². The fourth-order valence-electron chi connectivity index (χ4n) is 2.75. The number of nitrogens with two attached hydrogens (primary N) is 2. The van der Waals surface area contributed by atoms with Gasteiger partial charge in [0.2, 0.25) is 0 Å². The second-order valence-electron chi connectivity index (χ2n) is 7.02. The molecule has 31 heavy (non-hydrogen) atoms. The first-order valence-electron chi connectivity index (χ1n) is 9.24. The van der Waals surface area contributed by atoms with Gasteiger partial charge in [-0.3, -0.25) is 9.79 Å². The van der Waals surface area contributed by atoms with Gasteiger partial charge in [0.15, 0.2) is 17.4 Å². The maximum atomic E-state index is 13.3. The third-order valence-electron chi connectivity index (χ3n) is 4.35. The molecule has 0 spiro atoms. The molecule has 1 aromatic carbocycles. The van der Waals surface area contributed by atoms with Crippen LogP contribution in [0, 0.1) is 6.92 Å². The number of aryl methyl sites for hydroxylation is 1. The number of halogens is 3. The zero-order valence-electron chi connectivity index (χ0n) is 17.5. The molecule has 1 aromatic heterocycles. The Bertz CT molecular complexity index is 1030. The minimum absolute atomic E-state index is 0.194. The second-order valence-corrected chi connectivity index (χ2v) is 7.02. The van der Waals surface area contributed by atoms with E-state index in [2.05, 4.69) is 9.98 Å². The molecule has 8 nitrogen and oxygen atoms in total. The first-order chi connectivity index (χ1) is 14.4. The summed E-state index contributed by atoms with van der Waals surface area (Å²) in [5.41, 5.74) is 10.1. The van der Waals surface area contributed by atoms with Crippen LogP contribution in [0.25, 0.3) is 0 Å². The quantitative estimate of drug-likeness (QED) is 0.485. The molecule has 11 heteroatoms. The number of aliphatic imine (C=N–C) groups is 2. The lowest BCUT2D eigenvalue weighted by Gasteiger charge is -2.18. The normalized spacial score (nSPS) is 13.9. The third-order valence-corrected chi connectivity index (χ3v) is 4.35. The topological polar surface area (TPSA) is 130 Å². The summed E-state index contributed by atoms with van der Waals surface area (Å²) in [6.07, 6.45) is -2.76. The SMILES string of the molecule is CC[C@@H](N=C(N)C(N)=Nc1ccc(C(F)(F)F)c(C(=O)N(C)C)c1O)c1cc(C)co1. The summed E-state index contributed by atoms with van der Waals surface area (Å²) in [6, 6.07) is 2.89. The zero-order chi connectivity index (χ0) is 23.5. The van der Waals surface area contributed by atoms with E-state index < -0.39 is 35.0 Å². The van der Waals surface area contributed by atoms with Gasteiger partial charge < -0.3 is 25.9 Å². The Labute approximate surface area is 177 Å². The van der Waals surface area contributed by atoms with Crippen LogP contribution in [0.3, 0.4) is 0 Å². The number of phenols is 1. The highest BCUT2D eigenvalue weighted by Gasteiger charge is 2.38. The highest BCUT2D eigenvalue weighted by molar-refractivity contribution is 6.39. The summed E-state index contributed by atoms with van der Waals surface area (Å²) < 4.78 is 45.4. The summed E-state index contributed by atoms with van der Waals surface area (Å²) in [5.74, 6) is -1.97. The number of carbonyl (C=O) groups is 1. The molecule has 168 valence electrons. The molecule has 0 bridgehead atoms. The molecule has 1 amide bonds.